The first kappa shape index (κ1) is 19.3. The van der Waals surface area contributed by atoms with Crippen LogP contribution in [0.3, 0.4) is 0 Å². The second-order valence-corrected chi connectivity index (χ2v) is 7.23. The number of carbonyl (C=O) groups is 2. The Hall–Kier alpha value is -3.43. The van der Waals surface area contributed by atoms with Gasteiger partial charge in [0.1, 0.15) is 0 Å². The number of rotatable bonds is 6. The fraction of sp³-hybridized carbons (Fsp3) is 0.136. The molecule has 1 heterocycles. The van der Waals surface area contributed by atoms with Gasteiger partial charge in [0, 0.05) is 12.1 Å². The molecule has 0 saturated carbocycles. The summed E-state index contributed by atoms with van der Waals surface area (Å²) in [5, 5.41) is 16.5. The van der Waals surface area contributed by atoms with Crippen LogP contribution in [0.5, 0.6) is 0 Å². The van der Waals surface area contributed by atoms with Gasteiger partial charge in [0.05, 0.1) is 22.6 Å². The summed E-state index contributed by atoms with van der Waals surface area (Å²) in [6.45, 7) is 2.30. The van der Waals surface area contributed by atoms with Gasteiger partial charge in [0.15, 0.2) is 0 Å². The van der Waals surface area contributed by atoms with Crippen molar-refractivity contribution in [1.29, 1.82) is 5.26 Å². The zero-order chi connectivity index (χ0) is 19.9. The minimum atomic E-state index is -0.176. The van der Waals surface area contributed by atoms with Crippen molar-refractivity contribution in [2.45, 2.75) is 19.5 Å². The molecule has 0 unspecified atom stereocenters. The van der Waals surface area contributed by atoms with Gasteiger partial charge < -0.3 is 10.6 Å². The third-order valence-corrected chi connectivity index (χ3v) is 5.17. The number of benzene rings is 2. The summed E-state index contributed by atoms with van der Waals surface area (Å²) < 4.78 is 0. The van der Waals surface area contributed by atoms with Crippen LogP contribution in [0.15, 0.2) is 66.0 Å². The lowest BCUT2D eigenvalue weighted by atomic mass is 10.1. The van der Waals surface area contributed by atoms with Crippen molar-refractivity contribution >= 4 is 23.2 Å². The van der Waals surface area contributed by atoms with Crippen LogP contribution in [0.4, 0.5) is 0 Å². The van der Waals surface area contributed by atoms with Gasteiger partial charge in [-0.3, -0.25) is 9.59 Å². The Morgan fingerprint density at radius 1 is 1.04 bits per heavy atom. The monoisotopic (exact) mass is 389 g/mol. The van der Waals surface area contributed by atoms with Crippen molar-refractivity contribution in [3.63, 3.8) is 0 Å². The highest BCUT2D eigenvalue weighted by atomic mass is 32.1. The van der Waals surface area contributed by atoms with E-state index in [1.807, 2.05) is 42.6 Å². The largest absolute Gasteiger partial charge is 0.347 e. The molecule has 1 aromatic heterocycles. The number of nitriles is 1. The van der Waals surface area contributed by atoms with Crippen LogP contribution in [0, 0.1) is 11.3 Å². The number of hydrogen-bond donors (Lipinski definition) is 2. The molecule has 0 fully saturated rings. The quantitative estimate of drug-likeness (QED) is 0.667. The van der Waals surface area contributed by atoms with Crippen LogP contribution in [0.25, 0.3) is 0 Å². The van der Waals surface area contributed by atoms with Crippen LogP contribution < -0.4 is 10.6 Å². The molecule has 0 radical (unpaired) electrons. The first-order chi connectivity index (χ1) is 13.6. The van der Waals surface area contributed by atoms with E-state index in [-0.39, 0.29) is 17.9 Å². The summed E-state index contributed by atoms with van der Waals surface area (Å²) in [4.78, 5) is 25.1. The lowest BCUT2D eigenvalue weighted by molar-refractivity contribution is 0.0935. The average Bonchev–Trinajstić information content (AvgIpc) is 3.27. The molecule has 5 nitrogen and oxygen atoms in total. The fourth-order valence-corrected chi connectivity index (χ4v) is 3.30. The van der Waals surface area contributed by atoms with E-state index in [9.17, 15) is 9.59 Å². The van der Waals surface area contributed by atoms with Crippen LogP contribution in [-0.2, 0) is 6.54 Å². The molecular weight excluding hydrogens is 370 g/mol. The van der Waals surface area contributed by atoms with Crippen LogP contribution in [0.2, 0.25) is 0 Å². The number of amides is 2. The van der Waals surface area contributed by atoms with Crippen LogP contribution in [0.1, 0.15) is 49.7 Å². The molecule has 6 heteroatoms. The highest BCUT2D eigenvalue weighted by Crippen LogP contribution is 2.15. The highest BCUT2D eigenvalue weighted by molar-refractivity contribution is 7.12. The predicted molar refractivity (Wildman–Crippen MR) is 109 cm³/mol. The lowest BCUT2D eigenvalue weighted by Crippen LogP contribution is -2.26. The third-order valence-electron chi connectivity index (χ3n) is 4.30. The van der Waals surface area contributed by atoms with E-state index in [4.69, 9.17) is 5.26 Å². The SMILES string of the molecule is C[C@H](NC(=O)c1ccc(CNC(=O)c2cccs2)cc1)c1ccc(C#N)cc1. The second kappa shape index (κ2) is 8.98. The molecule has 140 valence electrons. The van der Waals surface area contributed by atoms with Gasteiger partial charge in [-0.1, -0.05) is 30.3 Å². The number of nitrogens with one attached hydrogen (secondary N) is 2. The predicted octanol–water partition coefficient (Wildman–Crippen LogP) is 4.04. The average molecular weight is 389 g/mol. The Bertz CT molecular complexity index is 988. The zero-order valence-corrected chi connectivity index (χ0v) is 16.1. The second-order valence-electron chi connectivity index (χ2n) is 6.29. The molecule has 0 aliphatic heterocycles. The van der Waals surface area contributed by atoms with Gasteiger partial charge in [-0.2, -0.15) is 5.26 Å². The van der Waals surface area contributed by atoms with Gasteiger partial charge in [-0.15, -0.1) is 11.3 Å². The number of thiophene rings is 1. The molecular formula is C22H19N3O2S. The van der Waals surface area contributed by atoms with Gasteiger partial charge in [-0.25, -0.2) is 0 Å². The van der Waals surface area contributed by atoms with Crippen molar-refractivity contribution in [3.05, 3.63) is 93.2 Å². The summed E-state index contributed by atoms with van der Waals surface area (Å²) in [6, 6.07) is 19.8. The van der Waals surface area contributed by atoms with E-state index in [1.165, 1.54) is 11.3 Å². The Labute approximate surface area is 167 Å². The molecule has 3 rings (SSSR count). The maximum atomic E-state index is 12.5. The van der Waals surface area contributed by atoms with Gasteiger partial charge in [0.2, 0.25) is 0 Å². The van der Waals surface area contributed by atoms with Gasteiger partial charge in [-0.05, 0) is 53.8 Å². The Morgan fingerprint density at radius 3 is 2.36 bits per heavy atom. The van der Waals surface area contributed by atoms with Crippen molar-refractivity contribution in [1.82, 2.24) is 10.6 Å². The molecule has 3 aromatic rings. The number of carbonyl (C=O) groups excluding carboxylic acids is 2. The Balaban J connectivity index is 1.55. The molecule has 2 N–H and O–H groups in total. The van der Waals surface area contributed by atoms with Crippen molar-refractivity contribution in [3.8, 4) is 6.07 Å². The molecule has 0 aliphatic rings. The van der Waals surface area contributed by atoms with E-state index in [0.717, 1.165) is 11.1 Å². The zero-order valence-electron chi connectivity index (χ0n) is 15.3. The van der Waals surface area contributed by atoms with Crippen LogP contribution in [-0.4, -0.2) is 11.8 Å². The van der Waals surface area contributed by atoms with E-state index >= 15 is 0 Å². The molecule has 28 heavy (non-hydrogen) atoms. The van der Waals surface area contributed by atoms with Gasteiger partial charge in [0.25, 0.3) is 11.8 Å². The Kier molecular flexibility index (Phi) is 6.20. The normalized spacial score (nSPS) is 11.3. The Morgan fingerprint density at radius 2 is 1.75 bits per heavy atom. The van der Waals surface area contributed by atoms with Crippen LogP contribution >= 0.6 is 11.3 Å². The van der Waals surface area contributed by atoms with Gasteiger partial charge >= 0.3 is 0 Å². The molecule has 0 bridgehead atoms. The maximum absolute atomic E-state index is 12.5. The minimum absolute atomic E-state index is 0.104. The standard InChI is InChI=1S/C22H19N3O2S/c1-15(18-8-4-16(13-23)5-9-18)25-21(26)19-10-6-17(7-11-19)14-24-22(27)20-3-2-12-28-20/h2-12,15H,14H2,1H3,(H,24,27)(H,25,26)/t15-/m0/s1. The molecule has 2 aromatic carbocycles. The van der Waals surface area contributed by atoms with Crippen molar-refractivity contribution in [2.24, 2.45) is 0 Å². The number of nitrogens with zero attached hydrogens (tertiary/aromatic N) is 1. The van der Waals surface area contributed by atoms with E-state index < -0.39 is 0 Å². The molecule has 2 amide bonds. The molecule has 0 saturated heterocycles. The van der Waals surface area contributed by atoms with E-state index in [1.54, 1.807) is 30.3 Å². The molecule has 0 aliphatic carbocycles. The highest BCUT2D eigenvalue weighted by Gasteiger charge is 2.12. The first-order valence-corrected chi connectivity index (χ1v) is 9.66. The number of hydrogen-bond acceptors (Lipinski definition) is 4. The molecule has 0 spiro atoms. The summed E-state index contributed by atoms with van der Waals surface area (Å²) in [6.07, 6.45) is 0. The van der Waals surface area contributed by atoms with E-state index in [2.05, 4.69) is 16.7 Å². The molecule has 1 atom stereocenters. The van der Waals surface area contributed by atoms with Crippen molar-refractivity contribution < 1.29 is 9.59 Å². The van der Waals surface area contributed by atoms with E-state index in [0.29, 0.717) is 22.5 Å². The maximum Gasteiger partial charge on any atom is 0.261 e. The summed E-state index contributed by atoms with van der Waals surface area (Å²) >= 11 is 1.40. The first-order valence-electron chi connectivity index (χ1n) is 8.78. The summed E-state index contributed by atoms with van der Waals surface area (Å²) in [7, 11) is 0. The summed E-state index contributed by atoms with van der Waals surface area (Å²) in [5.41, 5.74) is 2.99. The summed E-state index contributed by atoms with van der Waals surface area (Å²) in [5.74, 6) is -0.279. The third kappa shape index (κ3) is 4.84. The minimum Gasteiger partial charge on any atom is -0.347 e. The lowest BCUT2D eigenvalue weighted by Gasteiger charge is -2.14. The smallest absolute Gasteiger partial charge is 0.261 e. The van der Waals surface area contributed by atoms with Crippen molar-refractivity contribution in [2.75, 3.05) is 0 Å². The fourth-order valence-electron chi connectivity index (χ4n) is 2.66. The topological polar surface area (TPSA) is 82.0 Å².